The Hall–Kier alpha value is -1.66. The van der Waals surface area contributed by atoms with Crippen molar-refractivity contribution < 1.29 is 14.3 Å². The average molecular weight is 334 g/mol. The molecule has 0 aliphatic heterocycles. The monoisotopic (exact) mass is 334 g/mol. The number of hydrogen-bond donors (Lipinski definition) is 1. The molecule has 3 rings (SSSR count). The molecule has 0 atom stereocenters. The molecule has 0 spiro atoms. The van der Waals surface area contributed by atoms with Crippen molar-refractivity contribution in [2.45, 2.75) is 45.6 Å². The van der Waals surface area contributed by atoms with E-state index >= 15 is 0 Å². The minimum absolute atomic E-state index is 0.0648. The smallest absolute Gasteiger partial charge is 0.266 e. The minimum atomic E-state index is 0.0648. The van der Waals surface area contributed by atoms with E-state index in [9.17, 15) is 4.79 Å². The summed E-state index contributed by atoms with van der Waals surface area (Å²) >= 11 is 1.40. The van der Waals surface area contributed by atoms with Gasteiger partial charge < -0.3 is 14.4 Å². The van der Waals surface area contributed by atoms with Gasteiger partial charge in [0.1, 0.15) is 10.6 Å². The molecule has 1 aliphatic carbocycles. The Morgan fingerprint density at radius 2 is 2.17 bits per heavy atom. The second kappa shape index (κ2) is 6.84. The lowest BCUT2D eigenvalue weighted by molar-refractivity contribution is 0.0741. The fraction of sp³-hybridized carbons (Fsp3) is 0.529. The van der Waals surface area contributed by atoms with Crippen molar-refractivity contribution in [3.05, 3.63) is 28.5 Å². The van der Waals surface area contributed by atoms with E-state index in [1.54, 1.807) is 0 Å². The van der Waals surface area contributed by atoms with Crippen LogP contribution >= 0.6 is 11.3 Å². The van der Waals surface area contributed by atoms with E-state index in [0.717, 1.165) is 42.1 Å². The Bertz CT molecular complexity index is 688. The van der Waals surface area contributed by atoms with Gasteiger partial charge in [0, 0.05) is 19.2 Å². The first-order valence-electron chi connectivity index (χ1n) is 8.06. The van der Waals surface area contributed by atoms with Crippen LogP contribution in [0, 0.1) is 13.8 Å². The van der Waals surface area contributed by atoms with E-state index in [1.165, 1.54) is 11.3 Å². The summed E-state index contributed by atoms with van der Waals surface area (Å²) in [5.74, 6) is 1.62. The van der Waals surface area contributed by atoms with Gasteiger partial charge in [0.25, 0.3) is 5.91 Å². The van der Waals surface area contributed by atoms with Crippen LogP contribution in [0.1, 0.15) is 46.8 Å². The number of carbonyl (C=O) groups is 1. The van der Waals surface area contributed by atoms with Crippen molar-refractivity contribution in [1.82, 2.24) is 9.88 Å². The van der Waals surface area contributed by atoms with Crippen LogP contribution in [0.4, 0.5) is 0 Å². The van der Waals surface area contributed by atoms with Crippen LogP contribution in [0.3, 0.4) is 0 Å². The lowest BCUT2D eigenvalue weighted by Crippen LogP contribution is -2.34. The Morgan fingerprint density at radius 1 is 1.39 bits per heavy atom. The SMILES string of the molecule is Cc1ccc(-c2nc(C)c(C(=O)N(CCCCO)C3CC3)s2)o1. The second-order valence-electron chi connectivity index (χ2n) is 6.00. The first-order chi connectivity index (χ1) is 11.1. The van der Waals surface area contributed by atoms with Gasteiger partial charge in [0.05, 0.1) is 5.69 Å². The predicted molar refractivity (Wildman–Crippen MR) is 89.7 cm³/mol. The maximum absolute atomic E-state index is 12.9. The number of hydrogen-bond acceptors (Lipinski definition) is 5. The first-order valence-corrected chi connectivity index (χ1v) is 8.88. The van der Waals surface area contributed by atoms with Gasteiger partial charge in [-0.05, 0) is 51.7 Å². The number of aromatic nitrogens is 1. The molecule has 2 aromatic heterocycles. The Labute approximate surface area is 140 Å². The van der Waals surface area contributed by atoms with Crippen molar-refractivity contribution in [3.8, 4) is 10.8 Å². The summed E-state index contributed by atoms with van der Waals surface area (Å²) in [6.07, 6.45) is 3.72. The highest BCUT2D eigenvalue weighted by molar-refractivity contribution is 7.17. The lowest BCUT2D eigenvalue weighted by Gasteiger charge is -2.21. The molecule has 0 unspecified atom stereocenters. The van der Waals surface area contributed by atoms with Crippen molar-refractivity contribution in [2.24, 2.45) is 0 Å². The van der Waals surface area contributed by atoms with Crippen LogP contribution in [0.25, 0.3) is 10.8 Å². The molecule has 1 fully saturated rings. The molecule has 0 aromatic carbocycles. The molecule has 1 aliphatic rings. The van der Waals surface area contributed by atoms with Gasteiger partial charge in [-0.1, -0.05) is 0 Å². The fourth-order valence-corrected chi connectivity index (χ4v) is 3.59. The van der Waals surface area contributed by atoms with Gasteiger partial charge in [-0.25, -0.2) is 4.98 Å². The highest BCUT2D eigenvalue weighted by Gasteiger charge is 2.34. The molecule has 1 saturated carbocycles. The molecule has 2 aromatic rings. The third-order valence-corrected chi connectivity index (χ3v) is 5.16. The van der Waals surface area contributed by atoms with Gasteiger partial charge in [-0.15, -0.1) is 11.3 Å². The summed E-state index contributed by atoms with van der Waals surface area (Å²) in [4.78, 5) is 20.1. The van der Waals surface area contributed by atoms with Crippen LogP contribution in [-0.4, -0.2) is 40.1 Å². The number of thiazole rings is 1. The number of aryl methyl sites for hydroxylation is 2. The quantitative estimate of drug-likeness (QED) is 0.788. The number of amides is 1. The van der Waals surface area contributed by atoms with Crippen molar-refractivity contribution in [1.29, 1.82) is 0 Å². The molecule has 6 heteroatoms. The summed E-state index contributed by atoms with van der Waals surface area (Å²) in [7, 11) is 0. The largest absolute Gasteiger partial charge is 0.459 e. The third kappa shape index (κ3) is 3.64. The molecule has 1 amide bonds. The Balaban J connectivity index is 1.79. The van der Waals surface area contributed by atoms with E-state index < -0.39 is 0 Å². The molecular formula is C17H22N2O3S. The topological polar surface area (TPSA) is 66.6 Å². The number of aliphatic hydroxyl groups excluding tert-OH is 1. The summed E-state index contributed by atoms with van der Waals surface area (Å²) in [6.45, 7) is 4.65. The zero-order chi connectivity index (χ0) is 16.4. The zero-order valence-electron chi connectivity index (χ0n) is 13.5. The molecule has 0 bridgehead atoms. The van der Waals surface area contributed by atoms with E-state index in [4.69, 9.17) is 9.52 Å². The Morgan fingerprint density at radius 3 is 2.78 bits per heavy atom. The summed E-state index contributed by atoms with van der Waals surface area (Å²) in [5, 5.41) is 9.70. The van der Waals surface area contributed by atoms with E-state index in [-0.39, 0.29) is 12.5 Å². The van der Waals surface area contributed by atoms with E-state index in [1.807, 2.05) is 30.9 Å². The molecule has 0 saturated heterocycles. The number of aliphatic hydroxyl groups is 1. The average Bonchev–Trinajstić information content (AvgIpc) is 3.15. The first kappa shape index (κ1) is 16.2. The van der Waals surface area contributed by atoms with Crippen molar-refractivity contribution in [2.75, 3.05) is 13.2 Å². The van der Waals surface area contributed by atoms with Gasteiger partial charge in [0.2, 0.25) is 0 Å². The van der Waals surface area contributed by atoms with Gasteiger partial charge in [-0.3, -0.25) is 4.79 Å². The van der Waals surface area contributed by atoms with Gasteiger partial charge in [0.15, 0.2) is 10.8 Å². The molecular weight excluding hydrogens is 312 g/mol. The lowest BCUT2D eigenvalue weighted by atomic mass is 10.2. The second-order valence-corrected chi connectivity index (χ2v) is 7.00. The van der Waals surface area contributed by atoms with E-state index in [2.05, 4.69) is 4.98 Å². The molecule has 124 valence electrons. The summed E-state index contributed by atoms with van der Waals surface area (Å²) < 4.78 is 5.61. The highest BCUT2D eigenvalue weighted by Crippen LogP contribution is 2.33. The van der Waals surface area contributed by atoms with Crippen molar-refractivity contribution >= 4 is 17.2 Å². The molecule has 23 heavy (non-hydrogen) atoms. The van der Waals surface area contributed by atoms with Gasteiger partial charge >= 0.3 is 0 Å². The highest BCUT2D eigenvalue weighted by atomic mass is 32.1. The number of carbonyl (C=O) groups excluding carboxylic acids is 1. The van der Waals surface area contributed by atoms with Crippen LogP contribution in [0.5, 0.6) is 0 Å². The normalized spacial score (nSPS) is 14.2. The molecule has 1 N–H and O–H groups in total. The standard InChI is InChI=1S/C17H22N2O3S/c1-11-5-8-14(22-11)16-18-12(2)15(23-16)17(21)19(13-6-7-13)9-3-4-10-20/h5,8,13,20H,3-4,6-7,9-10H2,1-2H3. The molecule has 5 nitrogen and oxygen atoms in total. The van der Waals surface area contributed by atoms with Gasteiger partial charge in [-0.2, -0.15) is 0 Å². The van der Waals surface area contributed by atoms with Crippen LogP contribution in [-0.2, 0) is 0 Å². The minimum Gasteiger partial charge on any atom is -0.459 e. The summed E-state index contributed by atoms with van der Waals surface area (Å²) in [6, 6.07) is 4.15. The molecule has 2 heterocycles. The summed E-state index contributed by atoms with van der Waals surface area (Å²) in [5.41, 5.74) is 0.761. The zero-order valence-corrected chi connectivity index (χ0v) is 14.4. The molecule has 0 radical (unpaired) electrons. The fourth-order valence-electron chi connectivity index (χ4n) is 2.61. The van der Waals surface area contributed by atoms with Crippen LogP contribution in [0.2, 0.25) is 0 Å². The maximum atomic E-state index is 12.9. The van der Waals surface area contributed by atoms with E-state index in [0.29, 0.717) is 23.2 Å². The predicted octanol–water partition coefficient (Wildman–Crippen LogP) is 3.40. The number of furan rings is 1. The maximum Gasteiger partial charge on any atom is 0.266 e. The number of rotatable bonds is 7. The van der Waals surface area contributed by atoms with Crippen LogP contribution in [0.15, 0.2) is 16.5 Å². The number of nitrogens with zero attached hydrogens (tertiary/aromatic N) is 2. The van der Waals surface area contributed by atoms with Crippen LogP contribution < -0.4 is 0 Å². The Kier molecular flexibility index (Phi) is 4.82. The number of unbranched alkanes of at least 4 members (excludes halogenated alkanes) is 1. The third-order valence-electron chi connectivity index (χ3n) is 4.00. The van der Waals surface area contributed by atoms with Crippen molar-refractivity contribution in [3.63, 3.8) is 0 Å².